The van der Waals surface area contributed by atoms with E-state index in [0.29, 0.717) is 17.2 Å². The van der Waals surface area contributed by atoms with Crippen LogP contribution in [0, 0.1) is 0 Å². The van der Waals surface area contributed by atoms with Crippen LogP contribution in [-0.2, 0) is 6.54 Å². The molecule has 1 aromatic rings. The van der Waals surface area contributed by atoms with Crippen molar-refractivity contribution in [2.24, 2.45) is 0 Å². The molecular weight excluding hydrogens is 258 g/mol. The fourth-order valence-corrected chi connectivity index (χ4v) is 2.30. The van der Waals surface area contributed by atoms with Gasteiger partial charge in [-0.05, 0) is 24.6 Å². The van der Waals surface area contributed by atoms with Gasteiger partial charge in [-0.3, -0.25) is 0 Å². The van der Waals surface area contributed by atoms with Gasteiger partial charge in [-0.25, -0.2) is 0 Å². The molecule has 0 atom stereocenters. The molecule has 0 fully saturated rings. The van der Waals surface area contributed by atoms with Gasteiger partial charge in [0.2, 0.25) is 0 Å². The lowest BCUT2D eigenvalue weighted by Gasteiger charge is -2.25. The summed E-state index contributed by atoms with van der Waals surface area (Å²) < 4.78 is 0. The van der Waals surface area contributed by atoms with Crippen molar-refractivity contribution >= 4 is 17.3 Å². The van der Waals surface area contributed by atoms with Gasteiger partial charge in [0.25, 0.3) is 0 Å². The van der Waals surface area contributed by atoms with Gasteiger partial charge in [0.05, 0.1) is 6.42 Å². The molecule has 4 heteroatoms. The van der Waals surface area contributed by atoms with Crippen molar-refractivity contribution < 1.29 is 4.79 Å². The van der Waals surface area contributed by atoms with Crippen molar-refractivity contribution in [1.29, 1.82) is 0 Å². The summed E-state index contributed by atoms with van der Waals surface area (Å²) in [5, 5.41) is 0.506. The number of allylic oxidation sites excluding steroid dienone is 3. The Bertz CT molecular complexity index is 554. The average molecular weight is 274 g/mol. The van der Waals surface area contributed by atoms with Crippen LogP contribution in [0.2, 0.25) is 0 Å². The van der Waals surface area contributed by atoms with E-state index in [-0.39, 0.29) is 0 Å². The maximum atomic E-state index is 8.80. The first kappa shape index (κ1) is 13.6. The first-order chi connectivity index (χ1) is 9.24. The van der Waals surface area contributed by atoms with Crippen LogP contribution in [0.25, 0.3) is 5.53 Å². The second-order valence-electron chi connectivity index (χ2n) is 4.37. The van der Waals surface area contributed by atoms with Crippen molar-refractivity contribution in [3.8, 4) is 0 Å². The predicted octanol–water partition coefficient (Wildman–Crippen LogP) is 3.59. The van der Waals surface area contributed by atoms with Crippen LogP contribution in [0.15, 0.2) is 53.2 Å². The Hall–Kier alpha value is -1.83. The molecule has 1 aliphatic carbocycles. The number of rotatable bonds is 4. The Morgan fingerprint density at radius 3 is 2.63 bits per heavy atom. The molecule has 2 rings (SSSR count). The molecule has 0 unspecified atom stereocenters. The van der Waals surface area contributed by atoms with E-state index < -0.39 is 0 Å². The Labute approximate surface area is 118 Å². The lowest BCUT2D eigenvalue weighted by atomic mass is 10.1. The number of likely N-dealkylation sites (N-methyl/N-ethyl adjacent to an activating group) is 1. The normalized spacial score (nSPS) is 14.5. The monoisotopic (exact) mass is 273 g/mol. The largest absolute Gasteiger partial charge is 0.368 e. The Morgan fingerprint density at radius 2 is 2.05 bits per heavy atom. The molecule has 98 valence electrons. The second-order valence-corrected chi connectivity index (χ2v) is 4.78. The molecule has 0 heterocycles. The van der Waals surface area contributed by atoms with E-state index in [1.54, 1.807) is 0 Å². The lowest BCUT2D eigenvalue weighted by Crippen LogP contribution is -2.23. The summed E-state index contributed by atoms with van der Waals surface area (Å²) in [5.74, 6) is 0. The van der Waals surface area contributed by atoms with Gasteiger partial charge in [-0.1, -0.05) is 41.9 Å². The number of benzene rings is 1. The van der Waals surface area contributed by atoms with Crippen LogP contribution in [0.3, 0.4) is 0 Å². The molecule has 19 heavy (non-hydrogen) atoms. The van der Waals surface area contributed by atoms with Gasteiger partial charge >= 0.3 is 5.71 Å². The SMILES string of the molecule is CCN(Cc1ccccc1)C1=CCC(=[N+]=[N-])C(Cl)=C1. The summed E-state index contributed by atoms with van der Waals surface area (Å²) in [6, 6.07) is 10.3. The summed E-state index contributed by atoms with van der Waals surface area (Å²) in [5.41, 5.74) is 11.6. The van der Waals surface area contributed by atoms with Crippen LogP contribution in [0.5, 0.6) is 0 Å². The maximum Gasteiger partial charge on any atom is 0.314 e. The van der Waals surface area contributed by atoms with Crippen molar-refractivity contribution in [3.63, 3.8) is 0 Å². The highest BCUT2D eigenvalue weighted by atomic mass is 35.5. The average Bonchev–Trinajstić information content (AvgIpc) is 2.46. The Kier molecular flexibility index (Phi) is 4.56. The molecular formula is C15H16ClN3. The first-order valence-corrected chi connectivity index (χ1v) is 6.70. The molecule has 0 radical (unpaired) electrons. The number of hydrogen-bond acceptors (Lipinski definition) is 1. The van der Waals surface area contributed by atoms with Crippen molar-refractivity contribution in [3.05, 3.63) is 64.3 Å². The van der Waals surface area contributed by atoms with E-state index in [1.165, 1.54) is 5.56 Å². The highest BCUT2D eigenvalue weighted by Crippen LogP contribution is 2.21. The van der Waals surface area contributed by atoms with Gasteiger partial charge in [-0.2, -0.15) is 4.79 Å². The molecule has 3 nitrogen and oxygen atoms in total. The van der Waals surface area contributed by atoms with Gasteiger partial charge in [-0.15, -0.1) is 0 Å². The minimum atomic E-state index is 0.506. The van der Waals surface area contributed by atoms with Gasteiger partial charge in [0.1, 0.15) is 5.03 Å². The fourth-order valence-electron chi connectivity index (χ4n) is 2.07. The molecule has 0 aliphatic heterocycles. The zero-order valence-corrected chi connectivity index (χ0v) is 11.6. The summed E-state index contributed by atoms with van der Waals surface area (Å²) in [4.78, 5) is 5.43. The van der Waals surface area contributed by atoms with Gasteiger partial charge in [0, 0.05) is 18.8 Å². The molecule has 0 saturated heterocycles. The summed E-state index contributed by atoms with van der Waals surface area (Å²) >= 11 is 6.08. The molecule has 0 aromatic heterocycles. The Balaban J connectivity index is 2.16. The summed E-state index contributed by atoms with van der Waals surface area (Å²) in [6.07, 6.45) is 4.45. The summed E-state index contributed by atoms with van der Waals surface area (Å²) in [7, 11) is 0. The minimum absolute atomic E-state index is 0.506. The van der Waals surface area contributed by atoms with Gasteiger partial charge in [0.15, 0.2) is 0 Å². The number of hydrogen-bond donors (Lipinski definition) is 0. The van der Waals surface area contributed by atoms with E-state index in [2.05, 4.69) is 28.7 Å². The highest BCUT2D eigenvalue weighted by Gasteiger charge is 2.19. The van der Waals surface area contributed by atoms with Crippen LogP contribution in [0.4, 0.5) is 0 Å². The smallest absolute Gasteiger partial charge is 0.314 e. The Morgan fingerprint density at radius 1 is 1.32 bits per heavy atom. The van der Waals surface area contributed by atoms with Crippen molar-refractivity contribution in [2.45, 2.75) is 19.9 Å². The minimum Gasteiger partial charge on any atom is -0.368 e. The van der Waals surface area contributed by atoms with E-state index >= 15 is 0 Å². The molecule has 0 amide bonds. The third-order valence-electron chi connectivity index (χ3n) is 3.14. The van der Waals surface area contributed by atoms with E-state index in [4.69, 9.17) is 17.1 Å². The van der Waals surface area contributed by atoms with Crippen LogP contribution in [-0.4, -0.2) is 21.9 Å². The molecule has 0 N–H and O–H groups in total. The van der Waals surface area contributed by atoms with E-state index in [9.17, 15) is 0 Å². The van der Waals surface area contributed by atoms with Crippen LogP contribution < -0.4 is 0 Å². The van der Waals surface area contributed by atoms with E-state index in [0.717, 1.165) is 18.8 Å². The standard InChI is InChI=1S/C15H16ClN3/c1-2-19(11-12-6-4-3-5-7-12)13-8-9-15(18-17)14(16)10-13/h3-8,10H,2,9,11H2,1H3. The van der Waals surface area contributed by atoms with Crippen LogP contribution >= 0.6 is 11.6 Å². The summed E-state index contributed by atoms with van der Waals surface area (Å²) in [6.45, 7) is 3.85. The molecule has 0 bridgehead atoms. The third-order valence-corrected chi connectivity index (χ3v) is 3.47. The predicted molar refractivity (Wildman–Crippen MR) is 77.8 cm³/mol. The quantitative estimate of drug-likeness (QED) is 0.610. The number of nitrogens with zero attached hydrogens (tertiary/aromatic N) is 3. The molecule has 0 spiro atoms. The number of halogens is 1. The molecule has 0 saturated carbocycles. The van der Waals surface area contributed by atoms with Crippen LogP contribution in [0.1, 0.15) is 18.9 Å². The fraction of sp³-hybridized carbons (Fsp3) is 0.267. The molecule has 1 aliphatic rings. The second kappa shape index (κ2) is 6.37. The van der Waals surface area contributed by atoms with Crippen molar-refractivity contribution in [1.82, 2.24) is 4.90 Å². The zero-order valence-electron chi connectivity index (χ0n) is 10.9. The van der Waals surface area contributed by atoms with Gasteiger partial charge < -0.3 is 10.4 Å². The first-order valence-electron chi connectivity index (χ1n) is 6.32. The highest BCUT2D eigenvalue weighted by molar-refractivity contribution is 6.43. The van der Waals surface area contributed by atoms with Crippen molar-refractivity contribution in [2.75, 3.05) is 6.54 Å². The third kappa shape index (κ3) is 3.34. The maximum absolute atomic E-state index is 8.80. The lowest BCUT2D eigenvalue weighted by molar-refractivity contribution is -0.00589. The zero-order chi connectivity index (χ0) is 13.7. The molecule has 1 aromatic carbocycles. The topological polar surface area (TPSA) is 39.6 Å². The van der Waals surface area contributed by atoms with E-state index in [1.807, 2.05) is 30.4 Å².